The Morgan fingerprint density at radius 1 is 1.33 bits per heavy atom. The van der Waals surface area contributed by atoms with Gasteiger partial charge in [0, 0.05) is 6.04 Å². The highest BCUT2D eigenvalue weighted by molar-refractivity contribution is 9.10. The van der Waals surface area contributed by atoms with Gasteiger partial charge < -0.3 is 0 Å². The van der Waals surface area contributed by atoms with Crippen molar-refractivity contribution in [1.82, 2.24) is 4.90 Å². The summed E-state index contributed by atoms with van der Waals surface area (Å²) < 4.78 is 13.6. The highest BCUT2D eigenvalue weighted by Gasteiger charge is 2.19. The second kappa shape index (κ2) is 4.62. The van der Waals surface area contributed by atoms with Gasteiger partial charge in [-0.2, -0.15) is 0 Å². The Labute approximate surface area is 98.4 Å². The number of halogens is 2. The van der Waals surface area contributed by atoms with E-state index in [9.17, 15) is 4.39 Å². The van der Waals surface area contributed by atoms with E-state index in [4.69, 9.17) is 0 Å². The van der Waals surface area contributed by atoms with E-state index in [1.807, 2.05) is 12.1 Å². The van der Waals surface area contributed by atoms with E-state index < -0.39 is 0 Å². The molecule has 0 N–H and O–H groups in total. The Bertz CT molecular complexity index is 347. The van der Waals surface area contributed by atoms with E-state index in [1.165, 1.54) is 24.5 Å². The molecular weight excluding hydrogens is 257 g/mol. The van der Waals surface area contributed by atoms with Crippen LogP contribution in [-0.2, 0) is 0 Å². The molecule has 0 bridgehead atoms. The standard InChI is InChI=1S/C12H15BrFN/c1-9(15-6-2-3-7-15)10-4-5-12(14)11(13)8-10/h4-5,8-9H,2-3,6-7H2,1H3. The van der Waals surface area contributed by atoms with Crippen molar-refractivity contribution in [2.75, 3.05) is 13.1 Å². The fraction of sp³-hybridized carbons (Fsp3) is 0.500. The minimum atomic E-state index is -0.188. The molecule has 0 spiro atoms. The van der Waals surface area contributed by atoms with E-state index in [-0.39, 0.29) is 5.82 Å². The molecule has 1 fully saturated rings. The van der Waals surface area contributed by atoms with Gasteiger partial charge in [-0.25, -0.2) is 4.39 Å². The van der Waals surface area contributed by atoms with Crippen molar-refractivity contribution in [3.63, 3.8) is 0 Å². The van der Waals surface area contributed by atoms with Crippen LogP contribution in [0.3, 0.4) is 0 Å². The summed E-state index contributed by atoms with van der Waals surface area (Å²) in [6.07, 6.45) is 2.57. The molecule has 1 aliphatic heterocycles. The smallest absolute Gasteiger partial charge is 0.137 e. The number of benzene rings is 1. The summed E-state index contributed by atoms with van der Waals surface area (Å²) in [5, 5.41) is 0. The summed E-state index contributed by atoms with van der Waals surface area (Å²) in [6.45, 7) is 4.51. The zero-order valence-electron chi connectivity index (χ0n) is 8.84. The topological polar surface area (TPSA) is 3.24 Å². The molecule has 0 saturated carbocycles. The van der Waals surface area contributed by atoms with Crippen LogP contribution in [0.25, 0.3) is 0 Å². The first-order valence-electron chi connectivity index (χ1n) is 5.37. The second-order valence-corrected chi connectivity index (χ2v) is 4.95. The molecule has 1 aromatic carbocycles. The van der Waals surface area contributed by atoms with E-state index in [2.05, 4.69) is 27.8 Å². The molecule has 15 heavy (non-hydrogen) atoms. The zero-order chi connectivity index (χ0) is 10.8. The number of hydrogen-bond acceptors (Lipinski definition) is 1. The monoisotopic (exact) mass is 271 g/mol. The molecule has 2 rings (SSSR count). The number of nitrogens with zero attached hydrogens (tertiary/aromatic N) is 1. The minimum absolute atomic E-state index is 0.188. The molecule has 0 aliphatic carbocycles. The summed E-state index contributed by atoms with van der Waals surface area (Å²) in [6, 6.07) is 5.69. The van der Waals surface area contributed by atoms with Crippen molar-refractivity contribution in [2.45, 2.75) is 25.8 Å². The Morgan fingerprint density at radius 3 is 2.60 bits per heavy atom. The Morgan fingerprint density at radius 2 is 2.00 bits per heavy atom. The van der Waals surface area contributed by atoms with Crippen LogP contribution in [0.2, 0.25) is 0 Å². The molecule has 1 saturated heterocycles. The largest absolute Gasteiger partial charge is 0.297 e. The van der Waals surface area contributed by atoms with Crippen molar-refractivity contribution < 1.29 is 4.39 Å². The lowest BCUT2D eigenvalue weighted by Gasteiger charge is -2.24. The first-order chi connectivity index (χ1) is 7.18. The number of likely N-dealkylation sites (tertiary alicyclic amines) is 1. The van der Waals surface area contributed by atoms with E-state index in [0.29, 0.717) is 10.5 Å². The van der Waals surface area contributed by atoms with Crippen LogP contribution in [0.1, 0.15) is 31.4 Å². The van der Waals surface area contributed by atoms with Gasteiger partial charge in [0.1, 0.15) is 5.82 Å². The predicted octanol–water partition coefficient (Wildman–Crippen LogP) is 3.75. The van der Waals surface area contributed by atoms with Crippen molar-refractivity contribution in [1.29, 1.82) is 0 Å². The van der Waals surface area contributed by atoms with Crippen molar-refractivity contribution in [3.05, 3.63) is 34.1 Å². The molecule has 1 aliphatic rings. The van der Waals surface area contributed by atoms with Gasteiger partial charge in [-0.1, -0.05) is 6.07 Å². The third kappa shape index (κ3) is 2.40. The van der Waals surface area contributed by atoms with E-state index in [0.717, 1.165) is 13.1 Å². The van der Waals surface area contributed by atoms with Crippen molar-refractivity contribution >= 4 is 15.9 Å². The van der Waals surface area contributed by atoms with E-state index in [1.54, 1.807) is 0 Å². The van der Waals surface area contributed by atoms with Gasteiger partial charge in [-0.3, -0.25) is 4.90 Å². The van der Waals surface area contributed by atoms with Crippen LogP contribution in [0.5, 0.6) is 0 Å². The second-order valence-electron chi connectivity index (χ2n) is 4.09. The molecule has 1 aromatic rings. The van der Waals surface area contributed by atoms with Crippen LogP contribution < -0.4 is 0 Å². The maximum absolute atomic E-state index is 13.1. The summed E-state index contributed by atoms with van der Waals surface area (Å²) in [4.78, 5) is 2.44. The first-order valence-corrected chi connectivity index (χ1v) is 6.17. The maximum atomic E-state index is 13.1. The lowest BCUT2D eigenvalue weighted by Crippen LogP contribution is -2.23. The van der Waals surface area contributed by atoms with Crippen LogP contribution in [0.4, 0.5) is 4.39 Å². The molecular formula is C12H15BrFN. The van der Waals surface area contributed by atoms with Crippen LogP contribution in [0.15, 0.2) is 22.7 Å². The van der Waals surface area contributed by atoms with Gasteiger partial charge in [-0.05, 0) is 66.5 Å². The van der Waals surface area contributed by atoms with Crippen LogP contribution in [-0.4, -0.2) is 18.0 Å². The molecule has 1 unspecified atom stereocenters. The molecule has 0 aromatic heterocycles. The minimum Gasteiger partial charge on any atom is -0.297 e. The summed E-state index contributed by atoms with van der Waals surface area (Å²) in [5.74, 6) is -0.188. The fourth-order valence-electron chi connectivity index (χ4n) is 2.11. The highest BCUT2D eigenvalue weighted by atomic mass is 79.9. The van der Waals surface area contributed by atoms with Gasteiger partial charge in [0.25, 0.3) is 0 Å². The summed E-state index contributed by atoms with van der Waals surface area (Å²) >= 11 is 3.23. The van der Waals surface area contributed by atoms with Crippen LogP contribution >= 0.6 is 15.9 Å². The number of rotatable bonds is 2. The Balaban J connectivity index is 2.17. The average molecular weight is 272 g/mol. The van der Waals surface area contributed by atoms with Gasteiger partial charge in [0.15, 0.2) is 0 Å². The third-order valence-electron chi connectivity index (χ3n) is 3.11. The molecule has 0 radical (unpaired) electrons. The predicted molar refractivity (Wildman–Crippen MR) is 63.3 cm³/mol. The summed E-state index contributed by atoms with van der Waals surface area (Å²) in [7, 11) is 0. The van der Waals surface area contributed by atoms with Gasteiger partial charge in [0.2, 0.25) is 0 Å². The first kappa shape index (κ1) is 11.1. The molecule has 0 amide bonds. The average Bonchev–Trinajstić information content (AvgIpc) is 2.74. The maximum Gasteiger partial charge on any atom is 0.137 e. The molecule has 1 atom stereocenters. The zero-order valence-corrected chi connectivity index (χ0v) is 10.4. The summed E-state index contributed by atoms with van der Waals surface area (Å²) in [5.41, 5.74) is 1.19. The molecule has 82 valence electrons. The Hall–Kier alpha value is -0.410. The quantitative estimate of drug-likeness (QED) is 0.792. The van der Waals surface area contributed by atoms with Gasteiger partial charge in [-0.15, -0.1) is 0 Å². The van der Waals surface area contributed by atoms with Crippen molar-refractivity contribution in [2.24, 2.45) is 0 Å². The lowest BCUT2D eigenvalue weighted by atomic mass is 10.1. The molecule has 1 nitrogen and oxygen atoms in total. The number of hydrogen-bond donors (Lipinski definition) is 0. The Kier molecular flexibility index (Phi) is 3.42. The van der Waals surface area contributed by atoms with Crippen LogP contribution in [0, 0.1) is 5.82 Å². The van der Waals surface area contributed by atoms with Gasteiger partial charge in [0.05, 0.1) is 4.47 Å². The fourth-order valence-corrected chi connectivity index (χ4v) is 2.51. The van der Waals surface area contributed by atoms with Gasteiger partial charge >= 0.3 is 0 Å². The van der Waals surface area contributed by atoms with Crippen molar-refractivity contribution in [3.8, 4) is 0 Å². The molecule has 1 heterocycles. The molecule has 3 heteroatoms. The van der Waals surface area contributed by atoms with E-state index >= 15 is 0 Å². The SMILES string of the molecule is CC(c1ccc(F)c(Br)c1)N1CCCC1. The lowest BCUT2D eigenvalue weighted by molar-refractivity contribution is 0.263. The normalized spacial score (nSPS) is 19.4. The third-order valence-corrected chi connectivity index (χ3v) is 3.72. The highest BCUT2D eigenvalue weighted by Crippen LogP contribution is 2.27.